The van der Waals surface area contributed by atoms with Gasteiger partial charge in [0.15, 0.2) is 0 Å². The van der Waals surface area contributed by atoms with Gasteiger partial charge in [-0.1, -0.05) is 43.3 Å². The zero-order valence-electron chi connectivity index (χ0n) is 12.8. The molecule has 3 aromatic rings. The van der Waals surface area contributed by atoms with Gasteiger partial charge in [0.2, 0.25) is 0 Å². The molecule has 1 aromatic heterocycles. The average molecular weight is 279 g/mol. The zero-order valence-corrected chi connectivity index (χ0v) is 12.8. The van der Waals surface area contributed by atoms with Crippen molar-refractivity contribution in [2.75, 3.05) is 6.54 Å². The number of nitrogens with one attached hydrogen (secondary N) is 1. The normalized spacial score (nSPS) is 12.7. The molecular formula is C18H21N3. The summed E-state index contributed by atoms with van der Waals surface area (Å²) >= 11 is 0. The molecule has 0 amide bonds. The molecule has 3 heteroatoms. The van der Waals surface area contributed by atoms with Gasteiger partial charge in [-0.15, -0.1) is 0 Å². The number of hydrogen-bond donors (Lipinski definition) is 1. The van der Waals surface area contributed by atoms with E-state index in [1.54, 1.807) is 0 Å². The molecule has 0 spiro atoms. The van der Waals surface area contributed by atoms with E-state index in [1.807, 2.05) is 18.7 Å². The van der Waals surface area contributed by atoms with E-state index >= 15 is 0 Å². The van der Waals surface area contributed by atoms with E-state index < -0.39 is 0 Å². The average Bonchev–Trinajstić information content (AvgIpc) is 2.83. The number of fused-ring (bicyclic) bond motifs is 1. The van der Waals surface area contributed by atoms with Crippen molar-refractivity contribution in [3.8, 4) is 0 Å². The van der Waals surface area contributed by atoms with Crippen LogP contribution in [0.4, 0.5) is 0 Å². The Morgan fingerprint density at radius 3 is 2.52 bits per heavy atom. The highest BCUT2D eigenvalue weighted by Gasteiger charge is 2.17. The highest BCUT2D eigenvalue weighted by Crippen LogP contribution is 2.25. The Bertz CT molecular complexity index is 758. The number of aromatic nitrogens is 2. The summed E-state index contributed by atoms with van der Waals surface area (Å²) in [5, 5.41) is 10.6. The summed E-state index contributed by atoms with van der Waals surface area (Å²) in [4.78, 5) is 0. The lowest BCUT2D eigenvalue weighted by molar-refractivity contribution is 0.572. The molecule has 1 unspecified atom stereocenters. The van der Waals surface area contributed by atoms with Crippen molar-refractivity contribution in [2.24, 2.45) is 7.05 Å². The lowest BCUT2D eigenvalue weighted by Gasteiger charge is -2.19. The first-order valence-electron chi connectivity index (χ1n) is 7.41. The van der Waals surface area contributed by atoms with Crippen molar-refractivity contribution >= 4 is 10.8 Å². The molecular weight excluding hydrogens is 258 g/mol. The molecule has 0 saturated carbocycles. The van der Waals surface area contributed by atoms with Gasteiger partial charge in [-0.25, -0.2) is 0 Å². The minimum absolute atomic E-state index is 0.172. The van der Waals surface area contributed by atoms with Crippen LogP contribution in [0, 0.1) is 6.92 Å². The number of aryl methyl sites for hydroxylation is 2. The standard InChI is InChI=1S/C18H21N3/c1-4-19-18(17-11-13(2)20-21(17)3)16-10-9-14-7-5-6-8-15(14)12-16/h5-12,18-19H,4H2,1-3H3. The van der Waals surface area contributed by atoms with Crippen LogP contribution in [-0.4, -0.2) is 16.3 Å². The van der Waals surface area contributed by atoms with Gasteiger partial charge in [0.25, 0.3) is 0 Å². The van der Waals surface area contributed by atoms with E-state index in [4.69, 9.17) is 0 Å². The van der Waals surface area contributed by atoms with Crippen molar-refractivity contribution in [1.29, 1.82) is 0 Å². The van der Waals surface area contributed by atoms with Gasteiger partial charge >= 0.3 is 0 Å². The van der Waals surface area contributed by atoms with Gasteiger partial charge in [-0.3, -0.25) is 4.68 Å². The summed E-state index contributed by atoms with van der Waals surface area (Å²) in [5.74, 6) is 0. The maximum atomic E-state index is 4.48. The third-order valence-electron chi connectivity index (χ3n) is 3.85. The van der Waals surface area contributed by atoms with E-state index in [0.717, 1.165) is 12.2 Å². The molecule has 3 nitrogen and oxygen atoms in total. The Balaban J connectivity index is 2.08. The highest BCUT2D eigenvalue weighted by molar-refractivity contribution is 5.83. The van der Waals surface area contributed by atoms with Gasteiger partial charge in [-0.2, -0.15) is 5.10 Å². The molecule has 1 N–H and O–H groups in total. The molecule has 108 valence electrons. The molecule has 0 bridgehead atoms. The van der Waals surface area contributed by atoms with Gasteiger partial charge in [0, 0.05) is 7.05 Å². The summed E-state index contributed by atoms with van der Waals surface area (Å²) in [5.41, 5.74) is 3.53. The van der Waals surface area contributed by atoms with E-state index in [1.165, 1.54) is 22.0 Å². The first-order chi connectivity index (χ1) is 10.2. The summed E-state index contributed by atoms with van der Waals surface area (Å²) < 4.78 is 1.97. The molecule has 0 radical (unpaired) electrons. The quantitative estimate of drug-likeness (QED) is 0.791. The van der Waals surface area contributed by atoms with Crippen LogP contribution in [0.5, 0.6) is 0 Å². The van der Waals surface area contributed by atoms with Crippen molar-refractivity contribution < 1.29 is 0 Å². The van der Waals surface area contributed by atoms with E-state index in [-0.39, 0.29) is 6.04 Å². The highest BCUT2D eigenvalue weighted by atomic mass is 15.3. The van der Waals surface area contributed by atoms with Gasteiger partial charge in [0.1, 0.15) is 0 Å². The second kappa shape index (κ2) is 5.70. The van der Waals surface area contributed by atoms with E-state index in [0.29, 0.717) is 0 Å². The maximum absolute atomic E-state index is 4.48. The fourth-order valence-electron chi connectivity index (χ4n) is 2.89. The molecule has 21 heavy (non-hydrogen) atoms. The lowest BCUT2D eigenvalue weighted by atomic mass is 9.99. The topological polar surface area (TPSA) is 29.9 Å². The van der Waals surface area contributed by atoms with Crippen molar-refractivity contribution in [3.05, 3.63) is 65.5 Å². The maximum Gasteiger partial charge on any atom is 0.0748 e. The van der Waals surface area contributed by atoms with Gasteiger partial charge < -0.3 is 5.32 Å². The van der Waals surface area contributed by atoms with Crippen LogP contribution in [0.2, 0.25) is 0 Å². The Morgan fingerprint density at radius 2 is 1.86 bits per heavy atom. The van der Waals surface area contributed by atoms with Crippen LogP contribution in [-0.2, 0) is 7.05 Å². The Hall–Kier alpha value is -2.13. The van der Waals surface area contributed by atoms with E-state index in [2.05, 4.69) is 65.9 Å². The zero-order chi connectivity index (χ0) is 14.8. The van der Waals surface area contributed by atoms with Crippen molar-refractivity contribution in [2.45, 2.75) is 19.9 Å². The van der Waals surface area contributed by atoms with Crippen LogP contribution in [0.3, 0.4) is 0 Å². The summed E-state index contributed by atoms with van der Waals surface area (Å²) in [6.07, 6.45) is 0. The molecule has 2 aromatic carbocycles. The molecule has 1 atom stereocenters. The minimum Gasteiger partial charge on any atom is -0.305 e. The molecule has 0 aliphatic heterocycles. The Labute approximate surface area is 125 Å². The summed E-state index contributed by atoms with van der Waals surface area (Å²) in [7, 11) is 2.01. The summed E-state index contributed by atoms with van der Waals surface area (Å²) in [6.45, 7) is 5.09. The van der Waals surface area contributed by atoms with Crippen molar-refractivity contribution in [3.63, 3.8) is 0 Å². The van der Waals surface area contributed by atoms with Crippen LogP contribution in [0.1, 0.15) is 29.9 Å². The second-order valence-electron chi connectivity index (χ2n) is 5.43. The van der Waals surface area contributed by atoms with Gasteiger partial charge in [-0.05, 0) is 41.9 Å². The van der Waals surface area contributed by atoms with Crippen molar-refractivity contribution in [1.82, 2.24) is 15.1 Å². The number of rotatable bonds is 4. The number of benzene rings is 2. The fraction of sp³-hybridized carbons (Fsp3) is 0.278. The third-order valence-corrected chi connectivity index (χ3v) is 3.85. The Kier molecular flexibility index (Phi) is 3.76. The molecule has 1 heterocycles. The molecule has 0 fully saturated rings. The van der Waals surface area contributed by atoms with Crippen LogP contribution >= 0.6 is 0 Å². The van der Waals surface area contributed by atoms with Crippen LogP contribution in [0.25, 0.3) is 10.8 Å². The SMILES string of the molecule is CCNC(c1ccc2ccccc2c1)c1cc(C)nn1C. The molecule has 0 aliphatic carbocycles. The van der Waals surface area contributed by atoms with E-state index in [9.17, 15) is 0 Å². The first-order valence-corrected chi connectivity index (χ1v) is 7.41. The predicted octanol–water partition coefficient (Wildman–Crippen LogP) is 3.58. The minimum atomic E-state index is 0.172. The monoisotopic (exact) mass is 279 g/mol. The lowest BCUT2D eigenvalue weighted by Crippen LogP contribution is -2.24. The fourth-order valence-corrected chi connectivity index (χ4v) is 2.89. The number of nitrogens with zero attached hydrogens (tertiary/aromatic N) is 2. The molecule has 0 saturated heterocycles. The van der Waals surface area contributed by atoms with Gasteiger partial charge in [0.05, 0.1) is 17.4 Å². The molecule has 0 aliphatic rings. The summed E-state index contributed by atoms with van der Waals surface area (Å²) in [6, 6.07) is 17.5. The predicted molar refractivity (Wildman–Crippen MR) is 87.4 cm³/mol. The smallest absolute Gasteiger partial charge is 0.0748 e. The molecule has 3 rings (SSSR count). The Morgan fingerprint density at radius 1 is 1.10 bits per heavy atom. The largest absolute Gasteiger partial charge is 0.305 e. The second-order valence-corrected chi connectivity index (χ2v) is 5.43. The van der Waals surface area contributed by atoms with Crippen LogP contribution < -0.4 is 5.32 Å². The van der Waals surface area contributed by atoms with Crippen LogP contribution in [0.15, 0.2) is 48.5 Å². The number of hydrogen-bond acceptors (Lipinski definition) is 2. The first kappa shape index (κ1) is 13.8. The third kappa shape index (κ3) is 2.69.